The molecule has 2 aromatic heterocycles. The monoisotopic (exact) mass is 426 g/mol. The highest BCUT2D eigenvalue weighted by atomic mass is 19.1. The van der Waals surface area contributed by atoms with Crippen LogP contribution in [0.5, 0.6) is 0 Å². The minimum atomic E-state index is -0.532. The second-order valence-corrected chi connectivity index (χ2v) is 8.32. The third-order valence-electron chi connectivity index (χ3n) is 6.21. The van der Waals surface area contributed by atoms with Crippen molar-refractivity contribution in [1.82, 2.24) is 14.5 Å². The van der Waals surface area contributed by atoms with Gasteiger partial charge in [0.2, 0.25) is 0 Å². The number of aryl methyl sites for hydroxylation is 2. The van der Waals surface area contributed by atoms with E-state index in [1.807, 2.05) is 25.4 Å². The van der Waals surface area contributed by atoms with Gasteiger partial charge in [0.1, 0.15) is 17.7 Å². The van der Waals surface area contributed by atoms with Gasteiger partial charge in [-0.2, -0.15) is 5.26 Å². The highest BCUT2D eigenvalue weighted by Gasteiger charge is 2.27. The van der Waals surface area contributed by atoms with Gasteiger partial charge >= 0.3 is 0 Å². The first-order valence-electron chi connectivity index (χ1n) is 10.6. The summed E-state index contributed by atoms with van der Waals surface area (Å²) in [5.41, 5.74) is 12.8. The summed E-state index contributed by atoms with van der Waals surface area (Å²) in [5.74, 6) is 0.276. The van der Waals surface area contributed by atoms with Crippen LogP contribution in [0.15, 0.2) is 48.8 Å². The summed E-state index contributed by atoms with van der Waals surface area (Å²) in [6.07, 6.45) is 4.48. The number of nitrogens with two attached hydrogens (primary N) is 1. The molecular formula is C25H23FN6. The number of anilines is 1. The minimum Gasteiger partial charge on any atom is -0.369 e. The Kier molecular flexibility index (Phi) is 4.87. The molecule has 32 heavy (non-hydrogen) atoms. The number of nitriles is 1. The molecule has 1 aliphatic heterocycles. The van der Waals surface area contributed by atoms with Gasteiger partial charge in [-0.1, -0.05) is 18.2 Å². The number of hydrogen-bond donors (Lipinski definition) is 1. The Hall–Kier alpha value is -3.76. The number of nitrogens with zero attached hydrogens (tertiary/aromatic N) is 5. The maximum atomic E-state index is 14.0. The standard InChI is InChI=1S/C25H23FN6/c1-15-4-3-5-22-23(15)30-25(31(22)2)20-13-29-12-19(24(20)32-9-8-18(28)14-32)16-6-7-21(26)17(10-16)11-27/h3-7,10,12-13,18H,8-9,14,28H2,1-2H3/t18-/m0/s1. The van der Waals surface area contributed by atoms with Crippen LogP contribution in [0.25, 0.3) is 33.5 Å². The number of fused-ring (bicyclic) bond motifs is 1. The van der Waals surface area contributed by atoms with Crippen molar-refractivity contribution in [1.29, 1.82) is 5.26 Å². The summed E-state index contributed by atoms with van der Waals surface area (Å²) in [6, 6.07) is 12.7. The zero-order valence-electron chi connectivity index (χ0n) is 18.0. The van der Waals surface area contributed by atoms with Crippen molar-refractivity contribution in [2.75, 3.05) is 18.0 Å². The lowest BCUT2D eigenvalue weighted by molar-refractivity contribution is 0.624. The highest BCUT2D eigenvalue weighted by molar-refractivity contribution is 5.92. The maximum absolute atomic E-state index is 14.0. The summed E-state index contributed by atoms with van der Waals surface area (Å²) in [5, 5.41) is 9.34. The molecule has 160 valence electrons. The van der Waals surface area contributed by atoms with E-state index in [0.717, 1.165) is 57.8 Å². The average molecular weight is 426 g/mol. The van der Waals surface area contributed by atoms with Gasteiger partial charge in [-0.3, -0.25) is 4.98 Å². The first-order valence-corrected chi connectivity index (χ1v) is 10.6. The molecule has 0 unspecified atom stereocenters. The van der Waals surface area contributed by atoms with E-state index < -0.39 is 5.82 Å². The first-order chi connectivity index (χ1) is 15.5. The second kappa shape index (κ2) is 7.74. The van der Waals surface area contributed by atoms with Crippen LogP contribution in [0.2, 0.25) is 0 Å². The van der Waals surface area contributed by atoms with Crippen LogP contribution in [0.3, 0.4) is 0 Å². The fourth-order valence-corrected chi connectivity index (χ4v) is 4.53. The van der Waals surface area contributed by atoms with Crippen LogP contribution in [0.4, 0.5) is 10.1 Å². The van der Waals surface area contributed by atoms with Gasteiger partial charge in [0.25, 0.3) is 0 Å². The molecule has 6 nitrogen and oxygen atoms in total. The van der Waals surface area contributed by atoms with Gasteiger partial charge in [-0.15, -0.1) is 0 Å². The van der Waals surface area contributed by atoms with E-state index in [9.17, 15) is 9.65 Å². The molecule has 0 radical (unpaired) electrons. The summed E-state index contributed by atoms with van der Waals surface area (Å²) < 4.78 is 16.1. The number of halogens is 1. The lowest BCUT2D eigenvalue weighted by atomic mass is 9.99. The van der Waals surface area contributed by atoms with Gasteiger partial charge in [-0.05, 0) is 42.7 Å². The molecule has 0 amide bonds. The van der Waals surface area contributed by atoms with E-state index in [0.29, 0.717) is 6.54 Å². The van der Waals surface area contributed by atoms with E-state index >= 15 is 0 Å². The normalized spacial score (nSPS) is 16.0. The number of para-hydroxylation sites is 1. The van der Waals surface area contributed by atoms with Crippen molar-refractivity contribution in [2.45, 2.75) is 19.4 Å². The number of aromatic nitrogens is 3. The molecule has 1 saturated heterocycles. The third-order valence-corrected chi connectivity index (χ3v) is 6.21. The van der Waals surface area contributed by atoms with Gasteiger partial charge in [-0.25, -0.2) is 9.37 Å². The Morgan fingerprint density at radius 3 is 2.72 bits per heavy atom. The predicted octanol–water partition coefficient (Wildman–Crippen LogP) is 4.16. The number of benzene rings is 2. The molecule has 0 aliphatic carbocycles. The van der Waals surface area contributed by atoms with Crippen LogP contribution in [0.1, 0.15) is 17.5 Å². The van der Waals surface area contributed by atoms with Crippen LogP contribution >= 0.6 is 0 Å². The van der Waals surface area contributed by atoms with Crippen molar-refractivity contribution in [3.05, 3.63) is 65.7 Å². The topological polar surface area (TPSA) is 83.8 Å². The predicted molar refractivity (Wildman–Crippen MR) is 124 cm³/mol. The average Bonchev–Trinajstić information content (AvgIpc) is 3.38. The Bertz CT molecular complexity index is 1380. The van der Waals surface area contributed by atoms with Crippen molar-refractivity contribution in [3.63, 3.8) is 0 Å². The number of hydrogen-bond acceptors (Lipinski definition) is 5. The van der Waals surface area contributed by atoms with Crippen LogP contribution in [0, 0.1) is 24.1 Å². The Morgan fingerprint density at radius 2 is 2.00 bits per heavy atom. The van der Waals surface area contributed by atoms with Crippen LogP contribution in [-0.2, 0) is 7.05 Å². The number of pyridine rings is 1. The molecule has 0 spiro atoms. The smallest absolute Gasteiger partial charge is 0.144 e. The molecule has 2 aromatic carbocycles. The first kappa shape index (κ1) is 20.2. The molecule has 1 atom stereocenters. The van der Waals surface area contributed by atoms with Crippen molar-refractivity contribution >= 4 is 16.7 Å². The van der Waals surface area contributed by atoms with E-state index in [1.54, 1.807) is 18.3 Å². The largest absolute Gasteiger partial charge is 0.369 e. The lowest BCUT2D eigenvalue weighted by Gasteiger charge is -2.25. The second-order valence-electron chi connectivity index (χ2n) is 8.32. The van der Waals surface area contributed by atoms with Gasteiger partial charge < -0.3 is 15.2 Å². The molecule has 2 N–H and O–H groups in total. The summed E-state index contributed by atoms with van der Waals surface area (Å²) in [4.78, 5) is 11.7. The summed E-state index contributed by atoms with van der Waals surface area (Å²) >= 11 is 0. The van der Waals surface area contributed by atoms with Crippen molar-refractivity contribution in [3.8, 4) is 28.6 Å². The van der Waals surface area contributed by atoms with Gasteiger partial charge in [0.15, 0.2) is 0 Å². The lowest BCUT2D eigenvalue weighted by Crippen LogP contribution is -2.27. The van der Waals surface area contributed by atoms with Gasteiger partial charge in [0.05, 0.1) is 27.8 Å². The van der Waals surface area contributed by atoms with Crippen molar-refractivity contribution < 1.29 is 4.39 Å². The van der Waals surface area contributed by atoms with Crippen molar-refractivity contribution in [2.24, 2.45) is 12.8 Å². The Balaban J connectivity index is 1.78. The zero-order chi connectivity index (χ0) is 22.4. The van der Waals surface area contributed by atoms with Gasteiger partial charge in [0, 0.05) is 44.1 Å². The zero-order valence-corrected chi connectivity index (χ0v) is 18.0. The van der Waals surface area contributed by atoms with Crippen LogP contribution in [-0.4, -0.2) is 33.7 Å². The van der Waals surface area contributed by atoms with E-state index in [4.69, 9.17) is 10.7 Å². The fourth-order valence-electron chi connectivity index (χ4n) is 4.53. The molecule has 1 fully saturated rings. The Morgan fingerprint density at radius 1 is 1.19 bits per heavy atom. The van der Waals surface area contributed by atoms with E-state index in [-0.39, 0.29) is 11.6 Å². The van der Waals surface area contributed by atoms with Crippen LogP contribution < -0.4 is 10.6 Å². The molecule has 1 aliphatic rings. The summed E-state index contributed by atoms with van der Waals surface area (Å²) in [7, 11) is 2.00. The fraction of sp³-hybridized carbons (Fsp3) is 0.240. The molecule has 3 heterocycles. The molecule has 7 heteroatoms. The van der Waals surface area contributed by atoms with E-state index in [2.05, 4.69) is 33.5 Å². The highest BCUT2D eigenvalue weighted by Crippen LogP contribution is 2.41. The molecule has 0 saturated carbocycles. The SMILES string of the molecule is Cc1cccc2c1nc(-c1cncc(-c3ccc(F)c(C#N)c3)c1N1CC[C@H](N)C1)n2C. The summed E-state index contributed by atoms with van der Waals surface area (Å²) in [6.45, 7) is 3.57. The number of imidazole rings is 1. The quantitative estimate of drug-likeness (QED) is 0.532. The third kappa shape index (κ3) is 3.20. The molecule has 4 aromatic rings. The minimum absolute atomic E-state index is 0.00957. The number of rotatable bonds is 3. The Labute approximate surface area is 185 Å². The van der Waals surface area contributed by atoms with E-state index in [1.165, 1.54) is 6.07 Å². The molecule has 0 bridgehead atoms. The molecular weight excluding hydrogens is 403 g/mol. The molecule has 5 rings (SSSR count). The maximum Gasteiger partial charge on any atom is 0.144 e.